The fourth-order valence-corrected chi connectivity index (χ4v) is 3.55. The summed E-state index contributed by atoms with van der Waals surface area (Å²) in [7, 11) is 0. The van der Waals surface area contributed by atoms with Gasteiger partial charge in [-0.05, 0) is 30.0 Å². The molecule has 0 amide bonds. The monoisotopic (exact) mass is 450 g/mol. The van der Waals surface area contributed by atoms with Gasteiger partial charge in [-0.1, -0.05) is 77.6 Å². The molecule has 0 aliphatic heterocycles. The number of carbonyl (C=O) groups excluding carboxylic acids is 4. The van der Waals surface area contributed by atoms with Crippen LogP contribution in [0.2, 0.25) is 0 Å². The van der Waals surface area contributed by atoms with Gasteiger partial charge in [0.05, 0.1) is 12.0 Å². The van der Waals surface area contributed by atoms with E-state index in [1.165, 1.54) is 12.1 Å². The smallest absolute Gasteiger partial charge is 0.311 e. The van der Waals surface area contributed by atoms with Gasteiger partial charge in [0.15, 0.2) is 17.9 Å². The Labute approximate surface area is 196 Å². The molecule has 0 bridgehead atoms. The molecule has 2 aromatic carbocycles. The van der Waals surface area contributed by atoms with Gasteiger partial charge in [-0.2, -0.15) is 0 Å². The number of rotatable bonds is 12. The lowest BCUT2D eigenvalue weighted by atomic mass is 9.92. The second kappa shape index (κ2) is 12.2. The highest BCUT2D eigenvalue weighted by Gasteiger charge is 2.23. The third-order valence-corrected chi connectivity index (χ3v) is 5.28. The Kier molecular flexibility index (Phi) is 9.71. The lowest BCUT2D eigenvalue weighted by Gasteiger charge is -2.18. The van der Waals surface area contributed by atoms with Gasteiger partial charge in [0.2, 0.25) is 0 Å². The highest BCUT2D eigenvalue weighted by molar-refractivity contribution is 6.15. The number of benzene rings is 2. The third kappa shape index (κ3) is 8.08. The van der Waals surface area contributed by atoms with E-state index in [2.05, 4.69) is 6.92 Å². The zero-order valence-corrected chi connectivity index (χ0v) is 20.1. The van der Waals surface area contributed by atoms with E-state index in [-0.39, 0.29) is 40.1 Å². The molecule has 0 radical (unpaired) electrons. The lowest BCUT2D eigenvalue weighted by Crippen LogP contribution is -2.19. The molecule has 0 atom stereocenters. The van der Waals surface area contributed by atoms with Crippen LogP contribution in [0.1, 0.15) is 109 Å². The van der Waals surface area contributed by atoms with E-state index in [0.29, 0.717) is 18.3 Å². The number of aldehydes is 1. The van der Waals surface area contributed by atoms with Gasteiger partial charge < -0.3 is 4.74 Å². The van der Waals surface area contributed by atoms with Gasteiger partial charge in [-0.3, -0.25) is 19.2 Å². The first-order valence-electron chi connectivity index (χ1n) is 11.6. The Hall–Kier alpha value is -3.08. The largest absolute Gasteiger partial charge is 0.426 e. The molecule has 0 saturated carbocycles. The van der Waals surface area contributed by atoms with Gasteiger partial charge >= 0.3 is 5.97 Å². The molecule has 5 nitrogen and oxygen atoms in total. The first-order valence-corrected chi connectivity index (χ1v) is 11.6. The molecule has 0 aliphatic rings. The molecule has 0 aliphatic carbocycles. The maximum Gasteiger partial charge on any atom is 0.311 e. The van der Waals surface area contributed by atoms with E-state index in [9.17, 15) is 19.2 Å². The normalized spacial score (nSPS) is 11.2. The fourth-order valence-electron chi connectivity index (χ4n) is 3.55. The van der Waals surface area contributed by atoms with Crippen molar-refractivity contribution in [1.82, 2.24) is 0 Å². The van der Waals surface area contributed by atoms with Crippen molar-refractivity contribution < 1.29 is 23.9 Å². The van der Waals surface area contributed by atoms with E-state index >= 15 is 0 Å². The third-order valence-electron chi connectivity index (χ3n) is 5.28. The van der Waals surface area contributed by atoms with Crippen LogP contribution in [0.25, 0.3) is 0 Å². The standard InChI is InChI=1S/C28H34O5/c1-5-6-7-8-9-14-24(30)20-15-16-25(33-26(31)18-28(2,3)4)23(17-20)27(32)22-13-11-10-12-21(22)19-29/h10-13,15-17,19H,5-9,14,18H2,1-4H3. The first kappa shape index (κ1) is 26.2. The van der Waals surface area contributed by atoms with Crippen LogP contribution in [0.5, 0.6) is 5.75 Å². The molecule has 33 heavy (non-hydrogen) atoms. The molecule has 0 saturated heterocycles. The van der Waals surface area contributed by atoms with E-state index < -0.39 is 11.8 Å². The molecule has 0 aromatic heterocycles. The quantitative estimate of drug-likeness (QED) is 0.119. The van der Waals surface area contributed by atoms with E-state index in [1.54, 1.807) is 30.3 Å². The SMILES string of the molecule is CCCCCCCC(=O)c1ccc(OC(=O)CC(C)(C)C)c(C(=O)c2ccccc2C=O)c1. The Balaban J connectivity index is 2.35. The van der Waals surface area contributed by atoms with Gasteiger partial charge in [0.1, 0.15) is 5.75 Å². The summed E-state index contributed by atoms with van der Waals surface area (Å²) in [5.41, 5.74) is 0.655. The minimum Gasteiger partial charge on any atom is -0.426 e. The summed E-state index contributed by atoms with van der Waals surface area (Å²) >= 11 is 0. The summed E-state index contributed by atoms with van der Waals surface area (Å²) in [5, 5.41) is 0. The molecule has 0 spiro atoms. The Morgan fingerprint density at radius 3 is 2.27 bits per heavy atom. The van der Waals surface area contributed by atoms with Crippen molar-refractivity contribution in [3.63, 3.8) is 0 Å². The van der Waals surface area contributed by atoms with Crippen molar-refractivity contribution in [2.75, 3.05) is 0 Å². The molecule has 2 aromatic rings. The summed E-state index contributed by atoms with van der Waals surface area (Å²) in [6.45, 7) is 7.90. The van der Waals surface area contributed by atoms with Crippen LogP contribution in [-0.2, 0) is 4.79 Å². The minimum atomic E-state index is -0.464. The van der Waals surface area contributed by atoms with Gasteiger partial charge in [0.25, 0.3) is 0 Å². The number of esters is 1. The number of unbranched alkanes of at least 4 members (excludes halogenated alkanes) is 4. The maximum absolute atomic E-state index is 13.4. The molecule has 0 N–H and O–H groups in total. The summed E-state index contributed by atoms with van der Waals surface area (Å²) in [6, 6.07) is 11.0. The van der Waals surface area contributed by atoms with Gasteiger partial charge in [-0.15, -0.1) is 0 Å². The van der Waals surface area contributed by atoms with Gasteiger partial charge in [-0.25, -0.2) is 0 Å². The second-order valence-electron chi connectivity index (χ2n) is 9.54. The Morgan fingerprint density at radius 2 is 1.61 bits per heavy atom. The number of Topliss-reactive ketones (excluding diaryl/α,β-unsaturated/α-hetero) is 1. The topological polar surface area (TPSA) is 77.5 Å². The highest BCUT2D eigenvalue weighted by atomic mass is 16.5. The van der Waals surface area contributed by atoms with Crippen molar-refractivity contribution >= 4 is 23.8 Å². The summed E-state index contributed by atoms with van der Waals surface area (Å²) < 4.78 is 5.54. The second-order valence-corrected chi connectivity index (χ2v) is 9.54. The van der Waals surface area contributed by atoms with E-state index in [1.807, 2.05) is 20.8 Å². The molecule has 5 heteroatoms. The molecule has 176 valence electrons. The number of hydrogen-bond acceptors (Lipinski definition) is 5. The number of ketones is 2. The van der Waals surface area contributed by atoms with Crippen molar-refractivity contribution in [2.45, 2.75) is 72.6 Å². The molecule has 0 unspecified atom stereocenters. The minimum absolute atomic E-state index is 0.0585. The highest BCUT2D eigenvalue weighted by Crippen LogP contribution is 2.27. The van der Waals surface area contributed by atoms with E-state index in [4.69, 9.17) is 4.74 Å². The fraction of sp³-hybridized carbons (Fsp3) is 0.429. The van der Waals surface area contributed by atoms with Crippen LogP contribution in [0, 0.1) is 5.41 Å². The van der Waals surface area contributed by atoms with E-state index in [0.717, 1.165) is 32.1 Å². The zero-order chi connectivity index (χ0) is 24.4. The van der Waals surface area contributed by atoms with Crippen LogP contribution in [-0.4, -0.2) is 23.8 Å². The summed E-state index contributed by atoms with van der Waals surface area (Å²) in [6.07, 6.45) is 6.34. The molecular weight excluding hydrogens is 416 g/mol. The predicted octanol–water partition coefficient (Wildman–Crippen LogP) is 6.61. The van der Waals surface area contributed by atoms with Crippen molar-refractivity contribution in [1.29, 1.82) is 0 Å². The van der Waals surface area contributed by atoms with Crippen LogP contribution in [0.3, 0.4) is 0 Å². The number of ether oxygens (including phenoxy) is 1. The average molecular weight is 451 g/mol. The predicted molar refractivity (Wildman–Crippen MR) is 129 cm³/mol. The molecule has 2 rings (SSSR count). The van der Waals surface area contributed by atoms with Crippen molar-refractivity contribution in [2.24, 2.45) is 5.41 Å². The summed E-state index contributed by atoms with van der Waals surface area (Å²) in [4.78, 5) is 50.0. The number of carbonyl (C=O) groups is 4. The number of hydrogen-bond donors (Lipinski definition) is 0. The van der Waals surface area contributed by atoms with Crippen LogP contribution < -0.4 is 4.74 Å². The summed E-state index contributed by atoms with van der Waals surface area (Å²) in [5.74, 6) is -0.893. The van der Waals surface area contributed by atoms with Crippen LogP contribution in [0.15, 0.2) is 42.5 Å². The lowest BCUT2D eigenvalue weighted by molar-refractivity contribution is -0.136. The first-order chi connectivity index (χ1) is 15.7. The Bertz CT molecular complexity index is 998. The molecule has 0 heterocycles. The van der Waals surface area contributed by atoms with Crippen molar-refractivity contribution in [3.05, 3.63) is 64.7 Å². The van der Waals surface area contributed by atoms with Crippen molar-refractivity contribution in [3.8, 4) is 5.75 Å². The van der Waals surface area contributed by atoms with Crippen LogP contribution >= 0.6 is 0 Å². The molecule has 0 fully saturated rings. The zero-order valence-electron chi connectivity index (χ0n) is 20.1. The van der Waals surface area contributed by atoms with Crippen LogP contribution in [0.4, 0.5) is 0 Å². The molecular formula is C28H34O5. The maximum atomic E-state index is 13.4. The Morgan fingerprint density at radius 1 is 0.909 bits per heavy atom. The van der Waals surface area contributed by atoms with Gasteiger partial charge in [0, 0.05) is 23.1 Å². The average Bonchev–Trinajstić information content (AvgIpc) is 2.77.